The zero-order chi connectivity index (χ0) is 11.2. The number of benzene rings is 1. The molecule has 1 aliphatic carbocycles. The van der Waals surface area contributed by atoms with Crippen molar-refractivity contribution in [3.05, 3.63) is 34.6 Å². The van der Waals surface area contributed by atoms with E-state index in [2.05, 4.69) is 0 Å². The van der Waals surface area contributed by atoms with Gasteiger partial charge in [0.25, 0.3) is 0 Å². The van der Waals surface area contributed by atoms with Gasteiger partial charge in [0.2, 0.25) is 0 Å². The van der Waals surface area contributed by atoms with Gasteiger partial charge in [0.05, 0.1) is 11.7 Å². The second-order valence-corrected chi connectivity index (χ2v) is 3.54. The number of alkyl halides is 3. The largest absolute Gasteiger partial charge is 0.419 e. The molecule has 0 saturated carbocycles. The van der Waals surface area contributed by atoms with Crippen molar-refractivity contribution in [1.29, 1.82) is 0 Å². The van der Waals surface area contributed by atoms with Gasteiger partial charge < -0.3 is 5.11 Å². The number of hydrogen-bond donors (Lipinski definition) is 1. The summed E-state index contributed by atoms with van der Waals surface area (Å²) in [6, 6.07) is 1.98. The number of rotatable bonds is 0. The fraction of sp³-hybridized carbons (Fsp3) is 0.400. The van der Waals surface area contributed by atoms with Crippen LogP contribution in [0.1, 0.15) is 29.2 Å². The average molecular weight is 220 g/mol. The number of halogens is 4. The van der Waals surface area contributed by atoms with Gasteiger partial charge in [-0.25, -0.2) is 4.39 Å². The molecule has 82 valence electrons. The molecule has 0 heterocycles. The molecule has 1 aliphatic rings. The van der Waals surface area contributed by atoms with Crippen molar-refractivity contribution in [1.82, 2.24) is 0 Å². The van der Waals surface area contributed by atoms with Crippen LogP contribution in [0.3, 0.4) is 0 Å². The van der Waals surface area contributed by atoms with Crippen molar-refractivity contribution in [3.63, 3.8) is 0 Å². The third-order valence-electron chi connectivity index (χ3n) is 2.61. The Bertz CT molecular complexity index is 397. The molecular weight excluding hydrogens is 212 g/mol. The second-order valence-electron chi connectivity index (χ2n) is 3.54. The first-order valence-corrected chi connectivity index (χ1v) is 4.48. The Morgan fingerprint density at radius 3 is 2.53 bits per heavy atom. The number of aliphatic hydroxyl groups is 1. The Labute approximate surface area is 83.3 Å². The van der Waals surface area contributed by atoms with E-state index in [1.165, 1.54) is 6.07 Å². The van der Waals surface area contributed by atoms with Crippen molar-refractivity contribution in [2.75, 3.05) is 0 Å². The van der Waals surface area contributed by atoms with Gasteiger partial charge in [-0.2, -0.15) is 13.2 Å². The van der Waals surface area contributed by atoms with Gasteiger partial charge in [-0.3, -0.25) is 0 Å². The van der Waals surface area contributed by atoms with E-state index in [1.54, 1.807) is 0 Å². The minimum Gasteiger partial charge on any atom is -0.388 e. The first kappa shape index (κ1) is 10.4. The molecule has 0 aliphatic heterocycles. The average Bonchev–Trinajstić information content (AvgIpc) is 2.45. The molecule has 15 heavy (non-hydrogen) atoms. The molecule has 0 bridgehead atoms. The lowest BCUT2D eigenvalue weighted by Crippen LogP contribution is -2.12. The minimum absolute atomic E-state index is 0.0725. The van der Waals surface area contributed by atoms with Gasteiger partial charge in [0.15, 0.2) is 0 Å². The smallest absolute Gasteiger partial charge is 0.388 e. The summed E-state index contributed by atoms with van der Waals surface area (Å²) in [4.78, 5) is 0. The first-order chi connectivity index (χ1) is 6.91. The Balaban J connectivity index is 2.64. The lowest BCUT2D eigenvalue weighted by molar-refractivity contribution is -0.140. The van der Waals surface area contributed by atoms with E-state index in [0.717, 1.165) is 6.07 Å². The summed E-state index contributed by atoms with van der Waals surface area (Å²) in [5, 5.41) is 9.37. The van der Waals surface area contributed by atoms with Crippen LogP contribution >= 0.6 is 0 Å². The van der Waals surface area contributed by atoms with Crippen LogP contribution in [0.25, 0.3) is 0 Å². The standard InChI is InChI=1S/C10H8F4O/c11-7-3-1-5-6(2-4-8(5)15)9(7)10(12,13)14/h1,3,8,15H,2,4H2/t8-/m0/s1. The fourth-order valence-corrected chi connectivity index (χ4v) is 1.96. The van der Waals surface area contributed by atoms with Crippen molar-refractivity contribution >= 4 is 0 Å². The number of fused-ring (bicyclic) bond motifs is 1. The van der Waals surface area contributed by atoms with E-state index >= 15 is 0 Å². The summed E-state index contributed by atoms with van der Waals surface area (Å²) in [5.41, 5.74) is -1.13. The van der Waals surface area contributed by atoms with Gasteiger partial charge in [0, 0.05) is 0 Å². The van der Waals surface area contributed by atoms with Crippen LogP contribution in [0.4, 0.5) is 17.6 Å². The maximum atomic E-state index is 13.1. The molecule has 0 amide bonds. The summed E-state index contributed by atoms with van der Waals surface area (Å²) < 4.78 is 50.6. The highest BCUT2D eigenvalue weighted by molar-refractivity contribution is 5.42. The highest BCUT2D eigenvalue weighted by atomic mass is 19.4. The zero-order valence-corrected chi connectivity index (χ0v) is 7.61. The van der Waals surface area contributed by atoms with Crippen LogP contribution in [-0.2, 0) is 12.6 Å². The third-order valence-corrected chi connectivity index (χ3v) is 2.61. The van der Waals surface area contributed by atoms with Crippen LogP contribution in [0.15, 0.2) is 12.1 Å². The van der Waals surface area contributed by atoms with E-state index in [9.17, 15) is 22.7 Å². The molecule has 1 aromatic carbocycles. The monoisotopic (exact) mass is 220 g/mol. The van der Waals surface area contributed by atoms with Crippen LogP contribution < -0.4 is 0 Å². The van der Waals surface area contributed by atoms with E-state index in [1.807, 2.05) is 0 Å². The van der Waals surface area contributed by atoms with Gasteiger partial charge in [0.1, 0.15) is 5.82 Å². The molecule has 0 spiro atoms. The zero-order valence-electron chi connectivity index (χ0n) is 7.61. The molecule has 0 radical (unpaired) electrons. The quantitative estimate of drug-likeness (QED) is 0.666. The van der Waals surface area contributed by atoms with Crippen molar-refractivity contribution in [3.8, 4) is 0 Å². The summed E-state index contributed by atoms with van der Waals surface area (Å²) >= 11 is 0. The SMILES string of the molecule is O[C@H]1CCc2c1ccc(F)c2C(F)(F)F. The summed E-state index contributed by atoms with van der Waals surface area (Å²) in [7, 11) is 0. The van der Waals surface area contributed by atoms with Crippen LogP contribution in [0.5, 0.6) is 0 Å². The molecule has 1 atom stereocenters. The number of aliphatic hydroxyl groups excluding tert-OH is 1. The predicted octanol–water partition coefficient (Wildman–Crippen LogP) is 2.82. The maximum absolute atomic E-state index is 13.1. The Hall–Kier alpha value is -1.10. The molecule has 0 fully saturated rings. The molecule has 0 unspecified atom stereocenters. The molecule has 1 aromatic rings. The van der Waals surface area contributed by atoms with Crippen molar-refractivity contribution in [2.24, 2.45) is 0 Å². The molecule has 0 aromatic heterocycles. The van der Waals surface area contributed by atoms with Crippen molar-refractivity contribution in [2.45, 2.75) is 25.1 Å². The third kappa shape index (κ3) is 1.61. The van der Waals surface area contributed by atoms with Gasteiger partial charge in [-0.15, -0.1) is 0 Å². The molecule has 0 saturated heterocycles. The fourth-order valence-electron chi connectivity index (χ4n) is 1.96. The maximum Gasteiger partial charge on any atom is 0.419 e. The van der Waals surface area contributed by atoms with Gasteiger partial charge >= 0.3 is 6.18 Å². The van der Waals surface area contributed by atoms with Crippen molar-refractivity contribution < 1.29 is 22.7 Å². The lowest BCUT2D eigenvalue weighted by atomic mass is 10.0. The van der Waals surface area contributed by atoms with Crippen LogP contribution in [0.2, 0.25) is 0 Å². The summed E-state index contributed by atoms with van der Waals surface area (Å²) in [6.07, 6.45) is -5.30. The van der Waals surface area contributed by atoms with Crippen LogP contribution in [0, 0.1) is 5.82 Å². The first-order valence-electron chi connectivity index (χ1n) is 4.48. The second kappa shape index (κ2) is 3.20. The highest BCUT2D eigenvalue weighted by Gasteiger charge is 2.39. The Morgan fingerprint density at radius 2 is 1.93 bits per heavy atom. The lowest BCUT2D eigenvalue weighted by Gasteiger charge is -2.13. The van der Waals surface area contributed by atoms with E-state index in [0.29, 0.717) is 0 Å². The van der Waals surface area contributed by atoms with E-state index < -0.39 is 23.7 Å². The summed E-state index contributed by atoms with van der Waals surface area (Å²) in [5.74, 6) is -1.27. The normalized spacial score (nSPS) is 20.5. The van der Waals surface area contributed by atoms with E-state index in [4.69, 9.17) is 0 Å². The summed E-state index contributed by atoms with van der Waals surface area (Å²) in [6.45, 7) is 0. The van der Waals surface area contributed by atoms with Gasteiger partial charge in [-0.05, 0) is 30.0 Å². The Kier molecular flexibility index (Phi) is 2.22. The number of hydrogen-bond acceptors (Lipinski definition) is 1. The molecule has 1 nitrogen and oxygen atoms in total. The Morgan fingerprint density at radius 1 is 1.27 bits per heavy atom. The van der Waals surface area contributed by atoms with E-state index in [-0.39, 0.29) is 24.0 Å². The molecular formula is C10H8F4O. The topological polar surface area (TPSA) is 20.2 Å². The predicted molar refractivity (Wildman–Crippen MR) is 44.7 cm³/mol. The molecule has 1 N–H and O–H groups in total. The molecule has 2 rings (SSSR count). The minimum atomic E-state index is -4.69. The van der Waals surface area contributed by atoms with Gasteiger partial charge in [-0.1, -0.05) is 6.07 Å². The highest BCUT2D eigenvalue weighted by Crippen LogP contribution is 2.41. The van der Waals surface area contributed by atoms with Crippen LogP contribution in [-0.4, -0.2) is 5.11 Å². The molecule has 5 heteroatoms.